The van der Waals surface area contributed by atoms with Crippen LogP contribution in [0.4, 0.5) is 8.78 Å². The molecule has 80 valence electrons. The molecule has 1 N–H and O–H groups in total. The number of aryl methyl sites for hydroxylation is 1. The number of carbonyl (C=O) groups is 2. The minimum atomic E-state index is -1.53. The second-order valence-electron chi connectivity index (χ2n) is 2.95. The molecule has 0 spiro atoms. The third-order valence-electron chi connectivity index (χ3n) is 1.87. The number of carboxylic acid groups (broad SMARTS) is 1. The van der Waals surface area contributed by atoms with Gasteiger partial charge in [-0.1, -0.05) is 0 Å². The van der Waals surface area contributed by atoms with E-state index in [1.807, 2.05) is 0 Å². The molecule has 0 atom stereocenters. The fourth-order valence-electron chi connectivity index (χ4n) is 1.17. The Bertz CT molecular complexity index is 402. The SMILES string of the molecule is O=CCCc1cc(F)c(F)c(C(=O)O)c1. The minimum absolute atomic E-state index is 0.143. The summed E-state index contributed by atoms with van der Waals surface area (Å²) in [6, 6.07) is 1.93. The van der Waals surface area contributed by atoms with Gasteiger partial charge in [-0.05, 0) is 24.1 Å². The molecule has 0 saturated heterocycles. The molecule has 1 rings (SSSR count). The predicted molar refractivity (Wildman–Crippen MR) is 47.7 cm³/mol. The Kier molecular flexibility index (Phi) is 3.49. The van der Waals surface area contributed by atoms with Crippen LogP contribution in [-0.2, 0) is 11.2 Å². The molecule has 1 aromatic rings. The zero-order valence-corrected chi connectivity index (χ0v) is 7.67. The Morgan fingerprint density at radius 2 is 2.07 bits per heavy atom. The molecule has 0 amide bonds. The van der Waals surface area contributed by atoms with E-state index in [1.54, 1.807) is 0 Å². The van der Waals surface area contributed by atoms with Crippen molar-refractivity contribution >= 4 is 12.3 Å². The summed E-state index contributed by atoms with van der Waals surface area (Å²) in [6.45, 7) is 0. The van der Waals surface area contributed by atoms with E-state index in [-0.39, 0.29) is 12.8 Å². The molecule has 0 aliphatic rings. The van der Waals surface area contributed by atoms with Crippen LogP contribution in [-0.4, -0.2) is 17.4 Å². The number of hydrogen-bond acceptors (Lipinski definition) is 2. The third-order valence-corrected chi connectivity index (χ3v) is 1.87. The number of hydrogen-bond donors (Lipinski definition) is 1. The molecular weight excluding hydrogens is 206 g/mol. The van der Waals surface area contributed by atoms with Crippen molar-refractivity contribution < 1.29 is 23.5 Å². The maximum Gasteiger partial charge on any atom is 0.338 e. The number of aldehydes is 1. The van der Waals surface area contributed by atoms with Crippen molar-refractivity contribution in [1.29, 1.82) is 0 Å². The van der Waals surface area contributed by atoms with E-state index < -0.39 is 23.2 Å². The lowest BCUT2D eigenvalue weighted by atomic mass is 10.1. The largest absolute Gasteiger partial charge is 0.478 e. The summed E-state index contributed by atoms with van der Waals surface area (Å²) in [5.41, 5.74) is -0.422. The number of carboxylic acids is 1. The van der Waals surface area contributed by atoms with E-state index in [4.69, 9.17) is 5.11 Å². The summed E-state index contributed by atoms with van der Waals surface area (Å²) < 4.78 is 25.8. The Morgan fingerprint density at radius 3 is 2.60 bits per heavy atom. The predicted octanol–water partition coefficient (Wildman–Crippen LogP) is 1.79. The van der Waals surface area contributed by atoms with Gasteiger partial charge >= 0.3 is 5.97 Å². The van der Waals surface area contributed by atoms with E-state index in [1.165, 1.54) is 0 Å². The summed E-state index contributed by atoms with van der Waals surface area (Å²) in [5.74, 6) is -4.12. The van der Waals surface area contributed by atoms with Crippen molar-refractivity contribution in [3.63, 3.8) is 0 Å². The van der Waals surface area contributed by atoms with Gasteiger partial charge in [0.15, 0.2) is 11.6 Å². The molecule has 0 aliphatic carbocycles. The van der Waals surface area contributed by atoms with Gasteiger partial charge in [-0.2, -0.15) is 0 Å². The summed E-state index contributed by atoms with van der Waals surface area (Å²) in [6.07, 6.45) is 0.965. The first-order valence-corrected chi connectivity index (χ1v) is 4.21. The summed E-state index contributed by atoms with van der Waals surface area (Å²) >= 11 is 0. The van der Waals surface area contributed by atoms with Gasteiger partial charge in [0.25, 0.3) is 0 Å². The second kappa shape index (κ2) is 4.63. The number of benzene rings is 1. The van der Waals surface area contributed by atoms with Gasteiger partial charge in [0.05, 0.1) is 5.56 Å². The highest BCUT2D eigenvalue weighted by atomic mass is 19.2. The standard InChI is InChI=1S/C10H8F2O3/c11-8-5-6(2-1-3-13)4-7(9(8)12)10(14)15/h3-5H,1-2H2,(H,14,15). The van der Waals surface area contributed by atoms with Gasteiger partial charge in [0.2, 0.25) is 0 Å². The number of aromatic carboxylic acids is 1. The molecule has 15 heavy (non-hydrogen) atoms. The quantitative estimate of drug-likeness (QED) is 0.777. The first-order chi connectivity index (χ1) is 7.06. The first kappa shape index (κ1) is 11.3. The lowest BCUT2D eigenvalue weighted by Gasteiger charge is -2.03. The topological polar surface area (TPSA) is 54.4 Å². The highest BCUT2D eigenvalue weighted by molar-refractivity contribution is 5.88. The van der Waals surface area contributed by atoms with Crippen molar-refractivity contribution in [2.75, 3.05) is 0 Å². The van der Waals surface area contributed by atoms with E-state index in [0.717, 1.165) is 12.1 Å². The normalized spacial score (nSPS) is 10.0. The van der Waals surface area contributed by atoms with Crippen molar-refractivity contribution in [1.82, 2.24) is 0 Å². The van der Waals surface area contributed by atoms with Crippen molar-refractivity contribution in [2.45, 2.75) is 12.8 Å². The van der Waals surface area contributed by atoms with E-state index in [2.05, 4.69) is 0 Å². The molecule has 0 radical (unpaired) electrons. The lowest BCUT2D eigenvalue weighted by molar-refractivity contribution is -0.107. The molecule has 1 aromatic carbocycles. The fourth-order valence-corrected chi connectivity index (χ4v) is 1.17. The van der Waals surface area contributed by atoms with E-state index >= 15 is 0 Å². The Labute approximate surface area is 84.3 Å². The maximum atomic E-state index is 12.9. The molecule has 0 aliphatic heterocycles. The fraction of sp³-hybridized carbons (Fsp3) is 0.200. The highest BCUT2D eigenvalue weighted by Crippen LogP contribution is 2.16. The Morgan fingerprint density at radius 1 is 1.40 bits per heavy atom. The third kappa shape index (κ3) is 2.59. The number of halogens is 2. The van der Waals surface area contributed by atoms with Crippen molar-refractivity contribution in [2.24, 2.45) is 0 Å². The summed E-state index contributed by atoms with van der Waals surface area (Å²) in [4.78, 5) is 20.6. The van der Waals surface area contributed by atoms with Gasteiger partial charge in [-0.15, -0.1) is 0 Å². The van der Waals surface area contributed by atoms with Gasteiger partial charge in [0, 0.05) is 6.42 Å². The lowest BCUT2D eigenvalue weighted by Crippen LogP contribution is -2.04. The molecule has 0 unspecified atom stereocenters. The van der Waals surface area contributed by atoms with Gasteiger partial charge in [-0.25, -0.2) is 13.6 Å². The van der Waals surface area contributed by atoms with Crippen LogP contribution < -0.4 is 0 Å². The molecule has 0 bridgehead atoms. The number of rotatable bonds is 4. The van der Waals surface area contributed by atoms with Crippen LogP contribution >= 0.6 is 0 Å². The van der Waals surface area contributed by atoms with Crippen LogP contribution in [0.2, 0.25) is 0 Å². The van der Waals surface area contributed by atoms with Crippen LogP contribution in [0.1, 0.15) is 22.3 Å². The first-order valence-electron chi connectivity index (χ1n) is 4.21. The zero-order valence-electron chi connectivity index (χ0n) is 7.67. The minimum Gasteiger partial charge on any atom is -0.478 e. The monoisotopic (exact) mass is 214 g/mol. The van der Waals surface area contributed by atoms with E-state index in [0.29, 0.717) is 11.8 Å². The average Bonchev–Trinajstić information content (AvgIpc) is 2.19. The van der Waals surface area contributed by atoms with Gasteiger partial charge in [-0.3, -0.25) is 0 Å². The smallest absolute Gasteiger partial charge is 0.338 e. The van der Waals surface area contributed by atoms with Gasteiger partial charge in [0.1, 0.15) is 6.29 Å². The zero-order chi connectivity index (χ0) is 11.4. The van der Waals surface area contributed by atoms with Crippen molar-refractivity contribution in [3.05, 3.63) is 34.9 Å². The van der Waals surface area contributed by atoms with Crippen LogP contribution in [0.15, 0.2) is 12.1 Å². The molecule has 0 heterocycles. The molecule has 5 heteroatoms. The van der Waals surface area contributed by atoms with Crippen molar-refractivity contribution in [3.8, 4) is 0 Å². The molecule has 0 aromatic heterocycles. The maximum absolute atomic E-state index is 12.9. The van der Waals surface area contributed by atoms with Crippen LogP contribution in [0.3, 0.4) is 0 Å². The second-order valence-corrected chi connectivity index (χ2v) is 2.95. The summed E-state index contributed by atoms with van der Waals surface area (Å²) in [7, 11) is 0. The highest BCUT2D eigenvalue weighted by Gasteiger charge is 2.15. The molecular formula is C10H8F2O3. The summed E-state index contributed by atoms with van der Waals surface area (Å²) in [5, 5.41) is 8.56. The van der Waals surface area contributed by atoms with Crippen LogP contribution in [0.5, 0.6) is 0 Å². The van der Waals surface area contributed by atoms with Crippen LogP contribution in [0, 0.1) is 11.6 Å². The average molecular weight is 214 g/mol. The van der Waals surface area contributed by atoms with E-state index in [9.17, 15) is 18.4 Å². The molecule has 0 saturated carbocycles. The molecule has 3 nitrogen and oxygen atoms in total. The number of carbonyl (C=O) groups excluding carboxylic acids is 1. The Hall–Kier alpha value is -1.78. The van der Waals surface area contributed by atoms with Crippen LogP contribution in [0.25, 0.3) is 0 Å². The van der Waals surface area contributed by atoms with Gasteiger partial charge < -0.3 is 9.90 Å². The Balaban J connectivity index is 3.11. The molecule has 0 fully saturated rings.